The van der Waals surface area contributed by atoms with Crippen molar-refractivity contribution in [3.8, 4) is 0 Å². The summed E-state index contributed by atoms with van der Waals surface area (Å²) in [5, 5.41) is 12.0. The van der Waals surface area contributed by atoms with Crippen molar-refractivity contribution in [3.63, 3.8) is 0 Å². The van der Waals surface area contributed by atoms with E-state index >= 15 is 0 Å². The largest absolute Gasteiger partial charge is 0.494 e. The van der Waals surface area contributed by atoms with Gasteiger partial charge in [0.05, 0.1) is 11.2 Å². The van der Waals surface area contributed by atoms with Gasteiger partial charge < -0.3 is 24.6 Å². The quantitative estimate of drug-likeness (QED) is 0.755. The van der Waals surface area contributed by atoms with Crippen molar-refractivity contribution in [2.24, 2.45) is 11.3 Å². The first kappa shape index (κ1) is 22.0. The van der Waals surface area contributed by atoms with Crippen LogP contribution in [0, 0.1) is 11.3 Å². The van der Waals surface area contributed by atoms with Gasteiger partial charge in [0.15, 0.2) is 0 Å². The molecule has 1 aromatic rings. The first-order valence-corrected chi connectivity index (χ1v) is 10.5. The third kappa shape index (κ3) is 4.56. The molecule has 2 fully saturated rings. The number of nitrogens with zero attached hydrogens (tertiary/aromatic N) is 1. The molecule has 6 nitrogen and oxygen atoms in total. The van der Waals surface area contributed by atoms with E-state index in [4.69, 9.17) is 9.31 Å². The van der Waals surface area contributed by atoms with Crippen LogP contribution in [0.15, 0.2) is 24.3 Å². The highest BCUT2D eigenvalue weighted by molar-refractivity contribution is 6.62. The Bertz CT molecular complexity index is 743. The Morgan fingerprint density at radius 3 is 2.41 bits per heavy atom. The van der Waals surface area contributed by atoms with Crippen molar-refractivity contribution in [1.29, 1.82) is 0 Å². The number of carbonyl (C=O) groups is 1. The topological polar surface area (TPSA) is 71.0 Å². The van der Waals surface area contributed by atoms with Crippen molar-refractivity contribution in [3.05, 3.63) is 24.3 Å². The molecule has 0 saturated carbocycles. The van der Waals surface area contributed by atoms with Gasteiger partial charge in [0, 0.05) is 24.8 Å². The predicted octanol–water partition coefficient (Wildman–Crippen LogP) is 3.49. The smallest absolute Gasteiger partial charge is 0.465 e. The van der Waals surface area contributed by atoms with Crippen LogP contribution >= 0.6 is 0 Å². The Morgan fingerprint density at radius 2 is 1.86 bits per heavy atom. The van der Waals surface area contributed by atoms with E-state index in [-0.39, 0.29) is 35.7 Å². The van der Waals surface area contributed by atoms with E-state index in [1.165, 1.54) is 0 Å². The standard InChI is InChI=1S/C22H35BN2O4/c1-20(2,3)18(24-19(26)27)15-11-12-25(14-15)17-10-8-9-16(13-17)23-28-21(4,5)22(6,7)29-23/h8-10,13,15,18,24H,11-12,14H2,1-7H3,(H,26,27). The molecule has 2 aliphatic rings. The maximum Gasteiger partial charge on any atom is 0.494 e. The number of hydrogen-bond acceptors (Lipinski definition) is 4. The molecule has 1 amide bonds. The van der Waals surface area contributed by atoms with E-state index in [9.17, 15) is 9.90 Å². The Balaban J connectivity index is 1.75. The molecule has 0 aliphatic carbocycles. The van der Waals surface area contributed by atoms with Crippen LogP contribution in [0.4, 0.5) is 10.5 Å². The summed E-state index contributed by atoms with van der Waals surface area (Å²) < 4.78 is 12.4. The highest BCUT2D eigenvalue weighted by Gasteiger charge is 2.51. The molecule has 29 heavy (non-hydrogen) atoms. The molecule has 0 bridgehead atoms. The second-order valence-electron chi connectivity index (χ2n) is 10.5. The molecule has 0 radical (unpaired) electrons. The summed E-state index contributed by atoms with van der Waals surface area (Å²) in [6.07, 6.45) is 0.00859. The summed E-state index contributed by atoms with van der Waals surface area (Å²) >= 11 is 0. The predicted molar refractivity (Wildman–Crippen MR) is 117 cm³/mol. The van der Waals surface area contributed by atoms with Crippen molar-refractivity contribution < 1.29 is 19.2 Å². The number of amides is 1. The maximum atomic E-state index is 11.3. The number of anilines is 1. The summed E-state index contributed by atoms with van der Waals surface area (Å²) in [7, 11) is -0.380. The highest BCUT2D eigenvalue weighted by atomic mass is 16.7. The van der Waals surface area contributed by atoms with Crippen LogP contribution in [0.5, 0.6) is 0 Å². The van der Waals surface area contributed by atoms with Gasteiger partial charge in [0.25, 0.3) is 0 Å². The van der Waals surface area contributed by atoms with Crippen molar-refractivity contribution in [2.45, 2.75) is 72.1 Å². The van der Waals surface area contributed by atoms with Gasteiger partial charge in [-0.2, -0.15) is 0 Å². The van der Waals surface area contributed by atoms with E-state index in [0.29, 0.717) is 0 Å². The zero-order chi connectivity index (χ0) is 21.6. The first-order valence-electron chi connectivity index (χ1n) is 10.5. The Kier molecular flexibility index (Phi) is 5.69. The maximum absolute atomic E-state index is 11.3. The third-order valence-corrected chi connectivity index (χ3v) is 6.67. The van der Waals surface area contributed by atoms with Crippen molar-refractivity contribution in [1.82, 2.24) is 5.32 Å². The molecule has 0 spiro atoms. The van der Waals surface area contributed by atoms with Gasteiger partial charge in [-0.05, 0) is 63.0 Å². The van der Waals surface area contributed by atoms with Crippen LogP contribution in [-0.2, 0) is 9.31 Å². The van der Waals surface area contributed by atoms with Gasteiger partial charge in [-0.25, -0.2) is 4.79 Å². The van der Waals surface area contributed by atoms with Crippen LogP contribution in [0.1, 0.15) is 54.9 Å². The molecule has 2 aliphatic heterocycles. The molecular weight excluding hydrogens is 367 g/mol. The fourth-order valence-electron chi connectivity index (χ4n) is 4.32. The number of nitrogens with one attached hydrogen (secondary N) is 1. The lowest BCUT2D eigenvalue weighted by Gasteiger charge is -2.35. The second kappa shape index (κ2) is 7.51. The van der Waals surface area contributed by atoms with Crippen LogP contribution < -0.4 is 15.7 Å². The normalized spacial score (nSPS) is 24.6. The van der Waals surface area contributed by atoms with Crippen molar-refractivity contribution in [2.75, 3.05) is 18.0 Å². The van der Waals surface area contributed by atoms with Gasteiger partial charge in [-0.3, -0.25) is 0 Å². The zero-order valence-corrected chi connectivity index (χ0v) is 18.8. The molecular formula is C22H35BN2O4. The van der Waals surface area contributed by atoms with Gasteiger partial charge >= 0.3 is 13.2 Å². The fourth-order valence-corrected chi connectivity index (χ4v) is 4.32. The number of rotatable bonds is 4. The number of benzene rings is 1. The Morgan fingerprint density at radius 1 is 1.24 bits per heavy atom. The molecule has 2 saturated heterocycles. The van der Waals surface area contributed by atoms with Crippen LogP contribution in [-0.4, -0.2) is 48.7 Å². The molecule has 7 heteroatoms. The number of hydrogen-bond donors (Lipinski definition) is 2. The number of carboxylic acid groups (broad SMARTS) is 1. The second-order valence-corrected chi connectivity index (χ2v) is 10.5. The summed E-state index contributed by atoms with van der Waals surface area (Å²) in [6, 6.07) is 8.24. The Hall–Kier alpha value is -1.73. The molecule has 2 N–H and O–H groups in total. The zero-order valence-electron chi connectivity index (χ0n) is 18.8. The monoisotopic (exact) mass is 402 g/mol. The molecule has 2 atom stereocenters. The average molecular weight is 402 g/mol. The van der Waals surface area contributed by atoms with Gasteiger partial charge in [0.2, 0.25) is 0 Å². The molecule has 2 unspecified atom stereocenters. The third-order valence-electron chi connectivity index (χ3n) is 6.67. The molecule has 2 heterocycles. The van der Waals surface area contributed by atoms with E-state index in [1.54, 1.807) is 0 Å². The molecule has 3 rings (SSSR count). The lowest BCUT2D eigenvalue weighted by atomic mass is 9.78. The molecule has 160 valence electrons. The summed E-state index contributed by atoms with van der Waals surface area (Å²) in [5.74, 6) is 0.270. The summed E-state index contributed by atoms with van der Waals surface area (Å²) in [6.45, 7) is 16.3. The van der Waals surface area contributed by atoms with E-state index in [2.05, 4.69) is 70.8 Å². The summed E-state index contributed by atoms with van der Waals surface area (Å²) in [4.78, 5) is 13.6. The summed E-state index contributed by atoms with van der Waals surface area (Å²) in [5.41, 5.74) is 1.27. The van der Waals surface area contributed by atoms with Gasteiger partial charge in [-0.1, -0.05) is 32.9 Å². The van der Waals surface area contributed by atoms with Crippen LogP contribution in [0.3, 0.4) is 0 Å². The lowest BCUT2D eigenvalue weighted by molar-refractivity contribution is 0.00578. The molecule has 1 aromatic carbocycles. The van der Waals surface area contributed by atoms with E-state index in [0.717, 1.165) is 30.7 Å². The molecule has 0 aromatic heterocycles. The van der Waals surface area contributed by atoms with Crippen LogP contribution in [0.2, 0.25) is 0 Å². The minimum Gasteiger partial charge on any atom is -0.465 e. The van der Waals surface area contributed by atoms with Crippen molar-refractivity contribution >= 4 is 24.4 Å². The van der Waals surface area contributed by atoms with E-state index in [1.807, 2.05) is 12.1 Å². The fraction of sp³-hybridized carbons (Fsp3) is 0.682. The highest BCUT2D eigenvalue weighted by Crippen LogP contribution is 2.37. The van der Waals surface area contributed by atoms with E-state index < -0.39 is 6.09 Å². The average Bonchev–Trinajstić information content (AvgIpc) is 3.14. The lowest BCUT2D eigenvalue weighted by Crippen LogP contribution is -2.49. The Labute approximate surface area is 175 Å². The minimum atomic E-state index is -0.953. The SMILES string of the molecule is CC(C)(C)C(NC(=O)O)C1CCN(c2cccc(B3OC(C)(C)C(C)(C)O3)c2)C1. The van der Waals surface area contributed by atoms with Gasteiger partial charge in [-0.15, -0.1) is 0 Å². The van der Waals surface area contributed by atoms with Crippen LogP contribution in [0.25, 0.3) is 0 Å². The first-order chi connectivity index (χ1) is 13.3. The minimum absolute atomic E-state index is 0.0868. The van der Waals surface area contributed by atoms with Gasteiger partial charge in [0.1, 0.15) is 0 Å².